The van der Waals surface area contributed by atoms with Crippen LogP contribution in [-0.2, 0) is 13.0 Å². The van der Waals surface area contributed by atoms with Gasteiger partial charge in [-0.1, -0.05) is 12.1 Å². The molecule has 6 heteroatoms. The molecule has 6 rings (SSSR count). The Balaban J connectivity index is 1.42. The summed E-state index contributed by atoms with van der Waals surface area (Å²) in [5.74, 6) is 1.47. The van der Waals surface area contributed by atoms with Crippen molar-refractivity contribution in [2.75, 3.05) is 6.54 Å². The van der Waals surface area contributed by atoms with Gasteiger partial charge in [-0.15, -0.1) is 11.3 Å². The quantitative estimate of drug-likeness (QED) is 0.580. The van der Waals surface area contributed by atoms with E-state index in [4.69, 9.17) is 9.40 Å². The molecule has 0 radical (unpaired) electrons. The molecule has 0 spiro atoms. The average Bonchev–Trinajstić information content (AvgIpc) is 3.27. The fourth-order valence-electron chi connectivity index (χ4n) is 4.45. The summed E-state index contributed by atoms with van der Waals surface area (Å²) in [6.45, 7) is 1.68. The van der Waals surface area contributed by atoms with E-state index in [-0.39, 0.29) is 5.56 Å². The minimum absolute atomic E-state index is 0.192. The normalized spacial score (nSPS) is 20.4. The van der Waals surface area contributed by atoms with E-state index >= 15 is 0 Å². The largest absolute Gasteiger partial charge is 0.449 e. The van der Waals surface area contributed by atoms with Crippen molar-refractivity contribution in [3.8, 4) is 0 Å². The summed E-state index contributed by atoms with van der Waals surface area (Å²) in [4.78, 5) is 24.4. The Labute approximate surface area is 159 Å². The fourth-order valence-corrected chi connectivity index (χ4v) is 5.37. The van der Waals surface area contributed by atoms with E-state index < -0.39 is 0 Å². The predicted octanol–water partition coefficient (Wildman–Crippen LogP) is 4.24. The SMILES string of the molecule is O=c1[nH]c(CN2CCc3sccc3[C@@H]2C2CC2)nc2c1oc1ccccc12. The lowest BCUT2D eigenvalue weighted by atomic mass is 9.96. The van der Waals surface area contributed by atoms with Crippen molar-refractivity contribution in [1.82, 2.24) is 14.9 Å². The molecule has 1 aliphatic carbocycles. The highest BCUT2D eigenvalue weighted by Crippen LogP contribution is 2.48. The second-order valence-corrected chi connectivity index (χ2v) is 8.59. The Morgan fingerprint density at radius 3 is 3.04 bits per heavy atom. The summed E-state index contributed by atoms with van der Waals surface area (Å²) >= 11 is 1.88. The zero-order chi connectivity index (χ0) is 18.0. The van der Waals surface area contributed by atoms with Crippen LogP contribution in [0.5, 0.6) is 0 Å². The van der Waals surface area contributed by atoms with E-state index in [9.17, 15) is 4.79 Å². The molecular formula is C21H19N3O2S. The van der Waals surface area contributed by atoms with Crippen molar-refractivity contribution in [2.24, 2.45) is 5.92 Å². The smallest absolute Gasteiger partial charge is 0.294 e. The molecule has 1 atom stereocenters. The minimum atomic E-state index is -0.192. The monoisotopic (exact) mass is 377 g/mol. The molecule has 4 aromatic rings. The van der Waals surface area contributed by atoms with Crippen LogP contribution in [0.25, 0.3) is 22.1 Å². The first-order valence-corrected chi connectivity index (χ1v) is 10.4. The molecule has 5 nitrogen and oxygen atoms in total. The van der Waals surface area contributed by atoms with E-state index in [1.54, 1.807) is 0 Å². The zero-order valence-corrected chi connectivity index (χ0v) is 15.6. The van der Waals surface area contributed by atoms with Crippen molar-refractivity contribution in [3.63, 3.8) is 0 Å². The Morgan fingerprint density at radius 2 is 2.15 bits per heavy atom. The minimum Gasteiger partial charge on any atom is -0.449 e. The molecule has 27 heavy (non-hydrogen) atoms. The summed E-state index contributed by atoms with van der Waals surface area (Å²) in [6.07, 6.45) is 3.68. The summed E-state index contributed by atoms with van der Waals surface area (Å²) in [5, 5.41) is 3.12. The Bertz CT molecular complexity index is 1220. The van der Waals surface area contributed by atoms with Crippen molar-refractivity contribution in [1.29, 1.82) is 0 Å². The van der Waals surface area contributed by atoms with Gasteiger partial charge in [0.05, 0.1) is 6.54 Å². The third-order valence-corrected chi connectivity index (χ3v) is 6.82. The molecule has 136 valence electrons. The number of thiophene rings is 1. The van der Waals surface area contributed by atoms with Gasteiger partial charge in [0.25, 0.3) is 5.56 Å². The van der Waals surface area contributed by atoms with Gasteiger partial charge in [0.15, 0.2) is 0 Å². The van der Waals surface area contributed by atoms with Gasteiger partial charge >= 0.3 is 0 Å². The molecule has 4 heterocycles. The van der Waals surface area contributed by atoms with Crippen LogP contribution in [-0.4, -0.2) is 21.4 Å². The number of aromatic amines is 1. The average molecular weight is 377 g/mol. The number of H-pyrrole nitrogens is 1. The van der Waals surface area contributed by atoms with E-state index in [2.05, 4.69) is 21.3 Å². The molecule has 3 aromatic heterocycles. The number of rotatable bonds is 3. The maximum Gasteiger partial charge on any atom is 0.294 e. The van der Waals surface area contributed by atoms with E-state index in [0.29, 0.717) is 29.3 Å². The number of hydrogen-bond donors (Lipinski definition) is 1. The highest BCUT2D eigenvalue weighted by Gasteiger charge is 2.40. The number of fused-ring (bicyclic) bond motifs is 4. The molecule has 1 aliphatic heterocycles. The zero-order valence-electron chi connectivity index (χ0n) is 14.8. The number of aromatic nitrogens is 2. The Morgan fingerprint density at radius 1 is 1.26 bits per heavy atom. The van der Waals surface area contributed by atoms with Crippen LogP contribution in [0.4, 0.5) is 0 Å². The van der Waals surface area contributed by atoms with Gasteiger partial charge in [-0.3, -0.25) is 9.69 Å². The maximum absolute atomic E-state index is 12.6. The van der Waals surface area contributed by atoms with Gasteiger partial charge in [-0.2, -0.15) is 0 Å². The molecule has 0 bridgehead atoms. The first-order chi connectivity index (χ1) is 13.3. The summed E-state index contributed by atoms with van der Waals surface area (Å²) in [5.41, 5.74) is 2.99. The topological polar surface area (TPSA) is 62.1 Å². The molecule has 1 fully saturated rings. The van der Waals surface area contributed by atoms with Crippen LogP contribution in [0.15, 0.2) is 44.9 Å². The van der Waals surface area contributed by atoms with Gasteiger partial charge in [0.2, 0.25) is 5.58 Å². The molecule has 1 N–H and O–H groups in total. The van der Waals surface area contributed by atoms with E-state index in [1.165, 1.54) is 23.3 Å². The third kappa shape index (κ3) is 2.47. The number of nitrogens with zero attached hydrogens (tertiary/aromatic N) is 2. The van der Waals surface area contributed by atoms with Crippen LogP contribution >= 0.6 is 11.3 Å². The summed E-state index contributed by atoms with van der Waals surface area (Å²) < 4.78 is 5.72. The number of furan rings is 1. The molecular weight excluding hydrogens is 358 g/mol. The first kappa shape index (κ1) is 15.6. The highest BCUT2D eigenvalue weighted by atomic mass is 32.1. The van der Waals surface area contributed by atoms with Gasteiger partial charge in [0, 0.05) is 22.8 Å². The molecule has 2 aliphatic rings. The van der Waals surface area contributed by atoms with Crippen LogP contribution < -0.4 is 5.56 Å². The summed E-state index contributed by atoms with van der Waals surface area (Å²) in [6, 6.07) is 10.4. The van der Waals surface area contributed by atoms with Crippen molar-refractivity contribution < 1.29 is 4.42 Å². The fraction of sp³-hybridized carbons (Fsp3) is 0.333. The van der Waals surface area contributed by atoms with Gasteiger partial charge in [0.1, 0.15) is 16.9 Å². The third-order valence-electron chi connectivity index (χ3n) is 5.82. The Hall–Kier alpha value is -2.44. The van der Waals surface area contributed by atoms with Crippen molar-refractivity contribution in [3.05, 3.63) is 62.3 Å². The molecule has 0 unspecified atom stereocenters. The first-order valence-electron chi connectivity index (χ1n) is 9.49. The highest BCUT2D eigenvalue weighted by molar-refractivity contribution is 7.10. The van der Waals surface area contributed by atoms with Crippen LogP contribution in [0.1, 0.15) is 35.1 Å². The van der Waals surface area contributed by atoms with Gasteiger partial charge in [-0.25, -0.2) is 4.98 Å². The molecule has 1 saturated carbocycles. The van der Waals surface area contributed by atoms with Crippen molar-refractivity contribution in [2.45, 2.75) is 31.8 Å². The van der Waals surface area contributed by atoms with E-state index in [1.807, 2.05) is 35.6 Å². The maximum atomic E-state index is 12.6. The predicted molar refractivity (Wildman–Crippen MR) is 106 cm³/mol. The molecule has 0 amide bonds. The Kier molecular flexibility index (Phi) is 3.34. The second kappa shape index (κ2) is 5.78. The number of nitrogens with one attached hydrogen (secondary N) is 1. The molecule has 1 aromatic carbocycles. The number of hydrogen-bond acceptors (Lipinski definition) is 5. The standard InChI is InChI=1S/C21H19N3O2S/c25-21-20-18(13-3-1-2-4-15(13)26-20)22-17(23-21)11-24-9-7-16-14(8-10-27-16)19(24)12-5-6-12/h1-4,8,10,12,19H,5-7,9,11H2,(H,22,23,25)/t19-/m0/s1. The lowest BCUT2D eigenvalue weighted by Gasteiger charge is -2.35. The van der Waals surface area contributed by atoms with Crippen LogP contribution in [0.3, 0.4) is 0 Å². The summed E-state index contributed by atoms with van der Waals surface area (Å²) in [7, 11) is 0. The lowest BCUT2D eigenvalue weighted by molar-refractivity contribution is 0.154. The van der Waals surface area contributed by atoms with Crippen LogP contribution in [0.2, 0.25) is 0 Å². The van der Waals surface area contributed by atoms with E-state index in [0.717, 1.165) is 30.1 Å². The van der Waals surface area contributed by atoms with Crippen LogP contribution in [0, 0.1) is 5.92 Å². The molecule has 0 saturated heterocycles. The number of para-hydroxylation sites is 1. The van der Waals surface area contributed by atoms with Crippen molar-refractivity contribution >= 4 is 33.4 Å². The lowest BCUT2D eigenvalue weighted by Crippen LogP contribution is -2.36. The van der Waals surface area contributed by atoms with Gasteiger partial charge < -0.3 is 9.40 Å². The second-order valence-electron chi connectivity index (χ2n) is 7.59. The number of benzene rings is 1. The van der Waals surface area contributed by atoms with Gasteiger partial charge in [-0.05, 0) is 54.3 Å².